The van der Waals surface area contributed by atoms with Crippen molar-refractivity contribution in [1.82, 2.24) is 0 Å². The molecule has 0 aromatic heterocycles. The van der Waals surface area contributed by atoms with Crippen LogP contribution in [0.25, 0.3) is 0 Å². The van der Waals surface area contributed by atoms with Gasteiger partial charge in [0.15, 0.2) is 0 Å². The molecule has 2 rings (SSSR count). The van der Waals surface area contributed by atoms with Gasteiger partial charge in [-0.15, -0.1) is 0 Å². The van der Waals surface area contributed by atoms with Crippen molar-refractivity contribution in [3.63, 3.8) is 0 Å². The van der Waals surface area contributed by atoms with Gasteiger partial charge in [0.2, 0.25) is 0 Å². The van der Waals surface area contributed by atoms with Gasteiger partial charge in [-0.05, 0) is 40.8 Å². The van der Waals surface area contributed by atoms with E-state index in [4.69, 9.17) is 9.47 Å². The maximum Gasteiger partial charge on any atom is 0.120 e. The molecule has 0 saturated carbocycles. The zero-order valence-corrected chi connectivity index (χ0v) is 13.9. The molecule has 0 fully saturated rings. The van der Waals surface area contributed by atoms with E-state index in [1.165, 1.54) is 0 Å². The van der Waals surface area contributed by atoms with Crippen molar-refractivity contribution in [1.29, 1.82) is 0 Å². The lowest BCUT2D eigenvalue weighted by Crippen LogP contribution is -2.41. The summed E-state index contributed by atoms with van der Waals surface area (Å²) in [4.78, 5) is 0. The van der Waals surface area contributed by atoms with E-state index in [2.05, 4.69) is 0 Å². The van der Waals surface area contributed by atoms with Crippen LogP contribution in [0.2, 0.25) is 0 Å². The number of benzene rings is 2. The number of ether oxygens (including phenoxy) is 2. The standard InChI is InChI=1S/C19H24O3/c1-18(2,3)19(20,14-8-6-10-16(12-14)21-4)15-9-7-11-17(13-15)22-5/h6-13,20H,1-5H3. The summed E-state index contributed by atoms with van der Waals surface area (Å²) in [5.41, 5.74) is 0.0298. The van der Waals surface area contributed by atoms with Crippen molar-refractivity contribution in [2.75, 3.05) is 14.2 Å². The molecular weight excluding hydrogens is 276 g/mol. The lowest BCUT2D eigenvalue weighted by Gasteiger charge is -2.41. The minimum absolute atomic E-state index is 0.411. The predicted octanol–water partition coefficient (Wildman–Crippen LogP) is 3.99. The summed E-state index contributed by atoms with van der Waals surface area (Å²) in [5, 5.41) is 11.6. The van der Waals surface area contributed by atoms with Crippen LogP contribution in [-0.2, 0) is 5.60 Å². The molecule has 1 N–H and O–H groups in total. The second-order valence-electron chi connectivity index (χ2n) is 6.42. The summed E-state index contributed by atoms with van der Waals surface area (Å²) in [6.07, 6.45) is 0. The first kappa shape index (κ1) is 16.4. The SMILES string of the molecule is COc1cccc(C(O)(c2cccc(OC)c2)C(C)(C)C)c1. The smallest absolute Gasteiger partial charge is 0.120 e. The molecule has 0 unspecified atom stereocenters. The summed E-state index contributed by atoms with van der Waals surface area (Å²) < 4.78 is 10.6. The zero-order valence-electron chi connectivity index (χ0n) is 13.9. The molecule has 0 amide bonds. The highest BCUT2D eigenvalue weighted by Crippen LogP contribution is 2.46. The summed E-state index contributed by atoms with van der Waals surface area (Å²) in [7, 11) is 3.25. The van der Waals surface area contributed by atoms with Gasteiger partial charge in [-0.2, -0.15) is 0 Å². The maximum atomic E-state index is 11.6. The van der Waals surface area contributed by atoms with Crippen LogP contribution in [-0.4, -0.2) is 19.3 Å². The van der Waals surface area contributed by atoms with Gasteiger partial charge < -0.3 is 14.6 Å². The zero-order chi connectivity index (χ0) is 16.4. The molecule has 0 aliphatic heterocycles. The van der Waals surface area contributed by atoms with Gasteiger partial charge in [-0.1, -0.05) is 45.0 Å². The fraction of sp³-hybridized carbons (Fsp3) is 0.368. The predicted molar refractivity (Wildman–Crippen MR) is 88.4 cm³/mol. The monoisotopic (exact) mass is 300 g/mol. The van der Waals surface area contributed by atoms with E-state index >= 15 is 0 Å². The Morgan fingerprint density at radius 2 is 1.18 bits per heavy atom. The van der Waals surface area contributed by atoms with Gasteiger partial charge in [0.1, 0.15) is 17.1 Å². The highest BCUT2D eigenvalue weighted by Gasteiger charge is 2.43. The third kappa shape index (κ3) is 2.81. The quantitative estimate of drug-likeness (QED) is 0.928. The average Bonchev–Trinajstić information content (AvgIpc) is 2.53. The average molecular weight is 300 g/mol. The van der Waals surface area contributed by atoms with Gasteiger partial charge in [-0.25, -0.2) is 0 Å². The summed E-state index contributed by atoms with van der Waals surface area (Å²) >= 11 is 0. The fourth-order valence-corrected chi connectivity index (χ4v) is 2.73. The van der Waals surface area contributed by atoms with Gasteiger partial charge in [0.05, 0.1) is 14.2 Å². The Bertz CT molecular complexity index is 594. The number of hydrogen-bond acceptors (Lipinski definition) is 3. The highest BCUT2D eigenvalue weighted by molar-refractivity contribution is 5.44. The Morgan fingerprint density at radius 3 is 1.50 bits per heavy atom. The Kier molecular flexibility index (Phi) is 4.47. The van der Waals surface area contributed by atoms with Crippen molar-refractivity contribution < 1.29 is 14.6 Å². The molecule has 3 nitrogen and oxygen atoms in total. The molecule has 0 aliphatic carbocycles. The van der Waals surface area contributed by atoms with Crippen molar-refractivity contribution in [3.8, 4) is 11.5 Å². The molecule has 2 aromatic carbocycles. The summed E-state index contributed by atoms with van der Waals surface area (Å²) in [6.45, 7) is 6.06. The van der Waals surface area contributed by atoms with E-state index < -0.39 is 11.0 Å². The molecule has 0 heterocycles. The third-order valence-electron chi connectivity index (χ3n) is 4.06. The largest absolute Gasteiger partial charge is 0.497 e. The molecular formula is C19H24O3. The lowest BCUT2D eigenvalue weighted by molar-refractivity contribution is -0.0261. The minimum atomic E-state index is -1.16. The molecule has 0 aliphatic rings. The molecule has 0 radical (unpaired) electrons. The molecule has 22 heavy (non-hydrogen) atoms. The Hall–Kier alpha value is -2.00. The van der Waals surface area contributed by atoms with E-state index in [-0.39, 0.29) is 0 Å². The number of methoxy groups -OCH3 is 2. The van der Waals surface area contributed by atoms with Gasteiger partial charge in [0, 0.05) is 0 Å². The minimum Gasteiger partial charge on any atom is -0.497 e. The normalized spacial score (nSPS) is 12.1. The second-order valence-corrected chi connectivity index (χ2v) is 6.42. The molecule has 0 spiro atoms. The van der Waals surface area contributed by atoms with Crippen molar-refractivity contribution in [2.45, 2.75) is 26.4 Å². The van der Waals surface area contributed by atoms with E-state index in [9.17, 15) is 5.11 Å². The van der Waals surface area contributed by atoms with E-state index in [0.29, 0.717) is 0 Å². The van der Waals surface area contributed by atoms with Crippen molar-refractivity contribution >= 4 is 0 Å². The summed E-state index contributed by atoms with van der Waals surface area (Å²) in [6, 6.07) is 15.1. The highest BCUT2D eigenvalue weighted by atomic mass is 16.5. The first-order valence-electron chi connectivity index (χ1n) is 7.34. The van der Waals surface area contributed by atoms with Crippen molar-refractivity contribution in [3.05, 3.63) is 59.7 Å². The van der Waals surface area contributed by atoms with Crippen LogP contribution in [0, 0.1) is 5.41 Å². The van der Waals surface area contributed by atoms with E-state index in [0.717, 1.165) is 22.6 Å². The van der Waals surface area contributed by atoms with Crippen LogP contribution < -0.4 is 9.47 Å². The van der Waals surface area contributed by atoms with Crippen LogP contribution in [0.3, 0.4) is 0 Å². The first-order valence-corrected chi connectivity index (χ1v) is 7.34. The van der Waals surface area contributed by atoms with Gasteiger partial charge in [-0.3, -0.25) is 0 Å². The summed E-state index contributed by atoms with van der Waals surface area (Å²) in [5.74, 6) is 1.45. The third-order valence-corrected chi connectivity index (χ3v) is 4.06. The van der Waals surface area contributed by atoms with Crippen LogP contribution in [0.4, 0.5) is 0 Å². The fourth-order valence-electron chi connectivity index (χ4n) is 2.73. The molecule has 0 atom stereocenters. The first-order chi connectivity index (χ1) is 10.3. The Balaban J connectivity index is 2.66. The second kappa shape index (κ2) is 6.01. The molecule has 0 saturated heterocycles. The molecule has 0 bridgehead atoms. The molecule has 2 aromatic rings. The number of hydrogen-bond donors (Lipinski definition) is 1. The maximum absolute atomic E-state index is 11.6. The van der Waals surface area contributed by atoms with Gasteiger partial charge >= 0.3 is 0 Å². The lowest BCUT2D eigenvalue weighted by atomic mass is 9.68. The van der Waals surface area contributed by atoms with Crippen LogP contribution in [0.15, 0.2) is 48.5 Å². The Morgan fingerprint density at radius 1 is 0.773 bits per heavy atom. The number of rotatable bonds is 4. The molecule has 118 valence electrons. The van der Waals surface area contributed by atoms with E-state index in [1.54, 1.807) is 14.2 Å². The topological polar surface area (TPSA) is 38.7 Å². The van der Waals surface area contributed by atoms with Gasteiger partial charge in [0.25, 0.3) is 0 Å². The molecule has 3 heteroatoms. The van der Waals surface area contributed by atoms with E-state index in [1.807, 2.05) is 69.3 Å². The van der Waals surface area contributed by atoms with Crippen molar-refractivity contribution in [2.24, 2.45) is 5.41 Å². The van der Waals surface area contributed by atoms with Crippen LogP contribution >= 0.6 is 0 Å². The van der Waals surface area contributed by atoms with Crippen LogP contribution in [0.1, 0.15) is 31.9 Å². The Labute approximate surface area is 132 Å². The number of aliphatic hydroxyl groups is 1. The van der Waals surface area contributed by atoms with Crippen LogP contribution in [0.5, 0.6) is 11.5 Å².